The number of nitro groups is 1. The van der Waals surface area contributed by atoms with E-state index in [4.69, 9.17) is 0 Å². The Kier molecular flexibility index (Phi) is 5.00. The van der Waals surface area contributed by atoms with Crippen molar-refractivity contribution in [2.75, 3.05) is 31.1 Å². The predicted octanol–water partition coefficient (Wildman–Crippen LogP) is 2.84. The molecule has 0 amide bonds. The smallest absolute Gasteiger partial charge is 0.311 e. The third kappa shape index (κ3) is 3.86. The molecule has 1 aromatic carbocycles. The average molecular weight is 330 g/mol. The molecule has 7 heteroatoms. The number of benzene rings is 1. The van der Waals surface area contributed by atoms with Crippen LogP contribution in [0.5, 0.6) is 0 Å². The van der Waals surface area contributed by atoms with Crippen molar-refractivity contribution in [2.45, 2.75) is 13.0 Å². The van der Waals surface area contributed by atoms with E-state index >= 15 is 0 Å². The molecule has 2 aromatic rings. The highest BCUT2D eigenvalue weighted by Gasteiger charge is 2.23. The lowest BCUT2D eigenvalue weighted by Gasteiger charge is -2.22. The number of rotatable bonds is 4. The Morgan fingerprint density at radius 2 is 1.92 bits per heavy atom. The number of aromatic nitrogens is 1. The lowest BCUT2D eigenvalue weighted by Crippen LogP contribution is -2.31. The van der Waals surface area contributed by atoms with Crippen molar-refractivity contribution in [3.63, 3.8) is 0 Å². The van der Waals surface area contributed by atoms with Crippen LogP contribution in [0.4, 0.5) is 15.9 Å². The summed E-state index contributed by atoms with van der Waals surface area (Å²) >= 11 is 0. The largest absolute Gasteiger partial charge is 0.350 e. The summed E-state index contributed by atoms with van der Waals surface area (Å²) in [7, 11) is 0. The summed E-state index contributed by atoms with van der Waals surface area (Å²) in [5.74, 6) is 0.203. The minimum Gasteiger partial charge on any atom is -0.350 e. The maximum absolute atomic E-state index is 13.0. The van der Waals surface area contributed by atoms with Gasteiger partial charge in [0.05, 0.1) is 4.92 Å². The standard InChI is InChI=1S/C17H19FN4O2/c18-15-6-4-14(5-7-15)13-20-9-2-10-21(12-11-20)17-16(22(23)24)3-1-8-19-17/h1,3-8H,2,9-13H2. The van der Waals surface area contributed by atoms with E-state index in [9.17, 15) is 14.5 Å². The summed E-state index contributed by atoms with van der Waals surface area (Å²) in [4.78, 5) is 19.3. The maximum Gasteiger partial charge on any atom is 0.311 e. The van der Waals surface area contributed by atoms with Crippen LogP contribution in [0.2, 0.25) is 0 Å². The topological polar surface area (TPSA) is 62.5 Å². The molecule has 1 aliphatic heterocycles. The Morgan fingerprint density at radius 3 is 2.67 bits per heavy atom. The van der Waals surface area contributed by atoms with Crippen molar-refractivity contribution in [1.29, 1.82) is 0 Å². The summed E-state index contributed by atoms with van der Waals surface area (Å²) in [6.45, 7) is 3.84. The molecule has 0 saturated carbocycles. The third-order valence-corrected chi connectivity index (χ3v) is 4.17. The molecule has 0 bridgehead atoms. The van der Waals surface area contributed by atoms with Gasteiger partial charge in [0.25, 0.3) is 0 Å². The maximum atomic E-state index is 13.0. The molecule has 6 nitrogen and oxygen atoms in total. The monoisotopic (exact) mass is 330 g/mol. The molecule has 1 aromatic heterocycles. The zero-order valence-electron chi connectivity index (χ0n) is 13.3. The minimum atomic E-state index is -0.385. The Hall–Kier alpha value is -2.54. The summed E-state index contributed by atoms with van der Waals surface area (Å²) < 4.78 is 13.0. The fourth-order valence-corrected chi connectivity index (χ4v) is 2.96. The van der Waals surface area contributed by atoms with Gasteiger partial charge in [-0.25, -0.2) is 9.37 Å². The van der Waals surface area contributed by atoms with E-state index in [0.29, 0.717) is 12.4 Å². The molecule has 0 unspecified atom stereocenters. The van der Waals surface area contributed by atoms with Crippen molar-refractivity contribution in [1.82, 2.24) is 9.88 Å². The summed E-state index contributed by atoms with van der Waals surface area (Å²) in [6, 6.07) is 9.60. The molecule has 0 radical (unpaired) electrons. The van der Waals surface area contributed by atoms with Gasteiger partial charge in [-0.2, -0.15) is 0 Å². The van der Waals surface area contributed by atoms with Gasteiger partial charge in [0.1, 0.15) is 5.82 Å². The van der Waals surface area contributed by atoms with Crippen molar-refractivity contribution in [3.8, 4) is 0 Å². The molecule has 126 valence electrons. The Labute approximate surface area is 139 Å². The van der Waals surface area contributed by atoms with E-state index in [1.54, 1.807) is 24.4 Å². The lowest BCUT2D eigenvalue weighted by molar-refractivity contribution is -0.384. The van der Waals surface area contributed by atoms with E-state index in [0.717, 1.165) is 38.2 Å². The van der Waals surface area contributed by atoms with Crippen LogP contribution in [-0.4, -0.2) is 41.0 Å². The number of halogens is 1. The minimum absolute atomic E-state index is 0.0458. The van der Waals surface area contributed by atoms with E-state index in [2.05, 4.69) is 9.88 Å². The van der Waals surface area contributed by atoms with Crippen LogP contribution in [0.3, 0.4) is 0 Å². The summed E-state index contributed by atoms with van der Waals surface area (Å²) in [5.41, 5.74) is 1.11. The van der Waals surface area contributed by atoms with Crippen LogP contribution in [0.1, 0.15) is 12.0 Å². The first kappa shape index (κ1) is 16.3. The summed E-state index contributed by atoms with van der Waals surface area (Å²) in [5, 5.41) is 11.2. The molecular weight excluding hydrogens is 311 g/mol. The second kappa shape index (κ2) is 7.35. The molecule has 1 saturated heterocycles. The quantitative estimate of drug-likeness (QED) is 0.637. The lowest BCUT2D eigenvalue weighted by atomic mass is 10.2. The van der Waals surface area contributed by atoms with Gasteiger partial charge in [0, 0.05) is 45.0 Å². The molecule has 1 aliphatic rings. The van der Waals surface area contributed by atoms with Crippen molar-refractivity contribution < 1.29 is 9.31 Å². The highest BCUT2D eigenvalue weighted by atomic mass is 19.1. The van der Waals surface area contributed by atoms with Crippen molar-refractivity contribution >= 4 is 11.5 Å². The van der Waals surface area contributed by atoms with Gasteiger partial charge in [0.15, 0.2) is 0 Å². The second-order valence-electron chi connectivity index (χ2n) is 5.85. The second-order valence-corrected chi connectivity index (χ2v) is 5.85. The zero-order valence-corrected chi connectivity index (χ0v) is 13.3. The number of pyridine rings is 1. The van der Waals surface area contributed by atoms with Gasteiger partial charge < -0.3 is 4.90 Å². The molecule has 24 heavy (non-hydrogen) atoms. The highest BCUT2D eigenvalue weighted by Crippen LogP contribution is 2.25. The molecule has 0 spiro atoms. The van der Waals surface area contributed by atoms with Crippen LogP contribution in [-0.2, 0) is 6.54 Å². The van der Waals surface area contributed by atoms with Gasteiger partial charge >= 0.3 is 5.69 Å². The molecular formula is C17H19FN4O2. The SMILES string of the molecule is O=[N+]([O-])c1cccnc1N1CCCN(Cc2ccc(F)cc2)CC1. The molecule has 1 fully saturated rings. The first-order valence-electron chi connectivity index (χ1n) is 7.94. The normalized spacial score (nSPS) is 16.0. The highest BCUT2D eigenvalue weighted by molar-refractivity contribution is 5.57. The molecule has 0 N–H and O–H groups in total. The molecule has 0 aliphatic carbocycles. The van der Waals surface area contributed by atoms with Gasteiger partial charge in [-0.05, 0) is 30.2 Å². The van der Waals surface area contributed by atoms with E-state index in [-0.39, 0.29) is 16.4 Å². The Bertz CT molecular complexity index is 708. The fourth-order valence-electron chi connectivity index (χ4n) is 2.96. The van der Waals surface area contributed by atoms with Crippen LogP contribution in [0.25, 0.3) is 0 Å². The number of hydrogen-bond donors (Lipinski definition) is 0. The number of nitrogens with zero attached hydrogens (tertiary/aromatic N) is 4. The Balaban J connectivity index is 1.67. The van der Waals surface area contributed by atoms with E-state index in [1.165, 1.54) is 18.2 Å². The van der Waals surface area contributed by atoms with Crippen LogP contribution in [0.15, 0.2) is 42.6 Å². The fraction of sp³-hybridized carbons (Fsp3) is 0.353. The number of anilines is 1. The van der Waals surface area contributed by atoms with Crippen molar-refractivity contribution in [3.05, 3.63) is 64.1 Å². The van der Waals surface area contributed by atoms with Crippen LogP contribution in [0, 0.1) is 15.9 Å². The zero-order chi connectivity index (χ0) is 16.9. The molecule has 2 heterocycles. The van der Waals surface area contributed by atoms with Crippen molar-refractivity contribution in [2.24, 2.45) is 0 Å². The van der Waals surface area contributed by atoms with Gasteiger partial charge in [-0.15, -0.1) is 0 Å². The van der Waals surface area contributed by atoms with E-state index < -0.39 is 0 Å². The third-order valence-electron chi connectivity index (χ3n) is 4.17. The summed E-state index contributed by atoms with van der Waals surface area (Å²) in [6.07, 6.45) is 2.48. The van der Waals surface area contributed by atoms with Crippen LogP contribution >= 0.6 is 0 Å². The Morgan fingerprint density at radius 1 is 1.12 bits per heavy atom. The average Bonchev–Trinajstić information content (AvgIpc) is 2.82. The first-order valence-corrected chi connectivity index (χ1v) is 7.94. The predicted molar refractivity (Wildman–Crippen MR) is 89.4 cm³/mol. The molecule has 3 rings (SSSR count). The first-order chi connectivity index (χ1) is 11.6. The number of hydrogen-bond acceptors (Lipinski definition) is 5. The van der Waals surface area contributed by atoms with Crippen LogP contribution < -0.4 is 4.90 Å². The molecule has 0 atom stereocenters. The van der Waals surface area contributed by atoms with Gasteiger partial charge in [-0.1, -0.05) is 12.1 Å². The van der Waals surface area contributed by atoms with E-state index in [1.807, 2.05) is 4.90 Å². The van der Waals surface area contributed by atoms with Gasteiger partial charge in [0.2, 0.25) is 5.82 Å². The van der Waals surface area contributed by atoms with Gasteiger partial charge in [-0.3, -0.25) is 15.0 Å².